The molecule has 0 spiro atoms. The lowest BCUT2D eigenvalue weighted by molar-refractivity contribution is 0.627. The van der Waals surface area contributed by atoms with Crippen molar-refractivity contribution in [3.8, 4) is 0 Å². The van der Waals surface area contributed by atoms with Crippen LogP contribution in [0.2, 0.25) is 12.1 Å². The van der Waals surface area contributed by atoms with Crippen LogP contribution in [-0.4, -0.2) is 57.1 Å². The number of rotatable bonds is 59. The van der Waals surface area contributed by atoms with Crippen LogP contribution in [0.4, 0.5) is 0 Å². The van der Waals surface area contributed by atoms with Crippen LogP contribution in [-0.2, 0) is 0 Å². The molecule has 0 rings (SSSR count). The smallest absolute Gasteiger partial charge is 0.162 e. The van der Waals surface area contributed by atoms with Crippen molar-refractivity contribution < 1.29 is 0 Å². The molecule has 0 radical (unpaired) electrons. The summed E-state index contributed by atoms with van der Waals surface area (Å²) in [5, 5.41) is 0. The van der Waals surface area contributed by atoms with Gasteiger partial charge in [0.2, 0.25) is 11.0 Å². The Balaban J connectivity index is 5.31. The highest BCUT2D eigenvalue weighted by Gasteiger charge is 2.36. The summed E-state index contributed by atoms with van der Waals surface area (Å²) in [5.74, 6) is 11.2. The Morgan fingerprint density at radius 1 is 0.197 bits per heavy atom. The Hall–Kier alpha value is 3.93. The van der Waals surface area contributed by atoms with Gasteiger partial charge in [0.1, 0.15) is 0 Å². The number of unbranched alkanes of at least 4 members (excludes halogenated alkanes) is 30. The molecular formula is C54H114S10Si2. The minimum Gasteiger partial charge on any atom is -0.162 e. The Labute approximate surface area is 458 Å². The molecule has 0 atom stereocenters. The molecule has 0 saturated carbocycles. The highest BCUT2D eigenvalue weighted by atomic mass is 33.7. The molecule has 0 saturated heterocycles. The summed E-state index contributed by atoms with van der Waals surface area (Å²) in [4.78, 5) is 0. The molecule has 66 heavy (non-hydrogen) atoms. The third-order valence-electron chi connectivity index (χ3n) is 12.5. The van der Waals surface area contributed by atoms with Gasteiger partial charge < -0.3 is 0 Å². The van der Waals surface area contributed by atoms with Crippen LogP contribution in [0.5, 0.6) is 0 Å². The molecule has 0 aromatic carbocycles. The summed E-state index contributed by atoms with van der Waals surface area (Å²) in [6, 6.07) is 3.05. The first kappa shape index (κ1) is 69.9. The second kappa shape index (κ2) is 58.2. The van der Waals surface area contributed by atoms with Crippen LogP contribution >= 0.6 is 109 Å². The lowest BCUT2D eigenvalue weighted by Crippen LogP contribution is -2.25. The number of hydrogen-bond donors (Lipinski definition) is 0. The zero-order valence-electron chi connectivity index (χ0n) is 45.0. The van der Waals surface area contributed by atoms with Crippen molar-refractivity contribution in [1.82, 2.24) is 0 Å². The minimum absolute atomic E-state index is 1.34. The van der Waals surface area contributed by atoms with Gasteiger partial charge in [0.15, 0.2) is 0 Å². The molecule has 0 unspecified atom stereocenters. The molecule has 0 aliphatic rings. The van der Waals surface area contributed by atoms with Gasteiger partial charge in [-0.2, -0.15) is 67.3 Å². The van der Waals surface area contributed by atoms with Crippen LogP contribution in [0.15, 0.2) is 0 Å². The molecular weight excluding hydrogens is 1030 g/mol. The molecule has 0 aliphatic heterocycles. The Bertz CT molecular complexity index is 746. The molecule has 0 amide bonds. The first-order chi connectivity index (χ1) is 32.6. The Morgan fingerprint density at radius 2 is 0.379 bits per heavy atom. The van der Waals surface area contributed by atoms with Crippen LogP contribution in [0.3, 0.4) is 0 Å². The van der Waals surface area contributed by atoms with Crippen molar-refractivity contribution in [3.05, 3.63) is 0 Å². The zero-order chi connectivity index (χ0) is 48.0. The van der Waals surface area contributed by atoms with Crippen LogP contribution in [0.25, 0.3) is 0 Å². The summed E-state index contributed by atoms with van der Waals surface area (Å²) in [6.45, 7) is 14.1. The molecule has 0 nitrogen and oxygen atoms in total. The summed E-state index contributed by atoms with van der Waals surface area (Å²) in [7, 11) is 8.61. The highest BCUT2D eigenvalue weighted by molar-refractivity contribution is 9.26. The van der Waals surface area contributed by atoms with Gasteiger partial charge in [-0.15, -0.1) is 0 Å². The molecule has 0 bridgehead atoms. The van der Waals surface area contributed by atoms with Crippen molar-refractivity contribution in [2.24, 2.45) is 0 Å². The zero-order valence-corrected chi connectivity index (χ0v) is 55.2. The van der Waals surface area contributed by atoms with Gasteiger partial charge in [-0.3, -0.25) is 0 Å². The van der Waals surface area contributed by atoms with E-state index in [2.05, 4.69) is 150 Å². The fraction of sp³-hybridized carbons (Fsp3) is 1.00. The predicted octanol–water partition coefficient (Wildman–Crippen LogP) is 24.9. The van der Waals surface area contributed by atoms with Gasteiger partial charge in [0, 0.05) is 11.5 Å². The highest BCUT2D eigenvalue weighted by Crippen LogP contribution is 2.51. The Morgan fingerprint density at radius 3 is 0.576 bits per heavy atom. The first-order valence-electron chi connectivity index (χ1n) is 29.0. The monoisotopic (exact) mass is 1140 g/mol. The van der Waals surface area contributed by atoms with Gasteiger partial charge in [-0.1, -0.05) is 256 Å². The van der Waals surface area contributed by atoms with Crippen molar-refractivity contribution in [3.63, 3.8) is 0 Å². The summed E-state index contributed by atoms with van der Waals surface area (Å²) >= 11 is 15.1. The van der Waals surface area contributed by atoms with Gasteiger partial charge in [0.25, 0.3) is 0 Å². The number of hydrogen-bond acceptors (Lipinski definition) is 10. The largest absolute Gasteiger partial charge is 0.237 e. The lowest BCUT2D eigenvalue weighted by atomic mass is 10.1. The van der Waals surface area contributed by atoms with Gasteiger partial charge in [-0.05, 0) is 118 Å². The third kappa shape index (κ3) is 48.8. The average Bonchev–Trinajstić information content (AvgIpc) is 3.32. The van der Waals surface area contributed by atoms with E-state index in [1.54, 1.807) is 0 Å². The normalized spacial score (nSPS) is 12.3. The van der Waals surface area contributed by atoms with E-state index in [1.807, 2.05) is 0 Å². The van der Waals surface area contributed by atoms with Gasteiger partial charge in [-0.25, -0.2) is 0 Å². The standard InChI is InChI=1S/C54H114S10Si2/c1-7-13-19-25-31-37-47-57-65(58-48-38-32-26-20-14-8-2,59-49-39-33-27-21-15-9-3)53-43-45-55-63-64-56-46-44-54-66(60-50-40-34-28-22-16-10-4,61-51-41-35-29-23-17-11-5)62-52-42-36-30-24-18-12-6/h7-54H2,1-6H3. The van der Waals surface area contributed by atoms with Crippen LogP contribution in [0.1, 0.15) is 286 Å². The van der Waals surface area contributed by atoms with E-state index in [4.69, 9.17) is 0 Å². The van der Waals surface area contributed by atoms with E-state index < -0.39 is 11.0 Å². The maximum Gasteiger partial charge on any atom is 0.237 e. The van der Waals surface area contributed by atoms with Crippen LogP contribution in [0, 0.1) is 0 Å². The van der Waals surface area contributed by atoms with E-state index in [1.165, 1.54) is 302 Å². The van der Waals surface area contributed by atoms with E-state index in [0.717, 1.165) is 0 Å². The third-order valence-corrected chi connectivity index (χ3v) is 54.6. The van der Waals surface area contributed by atoms with E-state index in [9.17, 15) is 0 Å². The summed E-state index contributed by atoms with van der Waals surface area (Å²) in [5.41, 5.74) is -2.95. The first-order valence-corrected chi connectivity index (χ1v) is 48.8. The average molecular weight is 1140 g/mol. The summed E-state index contributed by atoms with van der Waals surface area (Å²) in [6.07, 6.45) is 54.5. The molecule has 0 heterocycles. The maximum absolute atomic E-state index is 2.52. The molecule has 398 valence electrons. The molecule has 12 heteroatoms. The quantitative estimate of drug-likeness (QED) is 0.0327. The fourth-order valence-electron chi connectivity index (χ4n) is 8.15. The Kier molecular flexibility index (Phi) is 61.7. The fourth-order valence-corrected chi connectivity index (χ4v) is 49.7. The predicted molar refractivity (Wildman–Crippen MR) is 345 cm³/mol. The van der Waals surface area contributed by atoms with Crippen molar-refractivity contribution in [1.29, 1.82) is 0 Å². The molecule has 0 aromatic heterocycles. The molecule has 0 aliphatic carbocycles. The molecule has 0 fully saturated rings. The SMILES string of the molecule is CCCCCCCCS[Si](CCCSSSSCCC[Si](SCCCCCCCC)(SCCCCCCCC)SCCCCCCCC)(SCCCCCCCC)SCCCCCCCC. The second-order valence-corrected chi connectivity index (χ2v) is 55.6. The molecule has 0 N–H and O–H groups in total. The lowest BCUT2D eigenvalue weighted by Gasteiger charge is -2.30. The summed E-state index contributed by atoms with van der Waals surface area (Å²) < 4.78 is 0. The van der Waals surface area contributed by atoms with Crippen molar-refractivity contribution >= 4 is 120 Å². The van der Waals surface area contributed by atoms with Crippen molar-refractivity contribution in [2.45, 2.75) is 298 Å². The van der Waals surface area contributed by atoms with E-state index >= 15 is 0 Å². The topological polar surface area (TPSA) is 0 Å². The minimum atomic E-state index is -1.47. The van der Waals surface area contributed by atoms with Gasteiger partial charge in [0.05, 0.1) is 0 Å². The van der Waals surface area contributed by atoms with E-state index in [0.29, 0.717) is 0 Å². The molecule has 0 aromatic rings. The second-order valence-electron chi connectivity index (χ2n) is 19.1. The maximum atomic E-state index is 2.52. The van der Waals surface area contributed by atoms with Crippen molar-refractivity contribution in [2.75, 3.05) is 46.0 Å². The van der Waals surface area contributed by atoms with E-state index in [-0.39, 0.29) is 0 Å². The van der Waals surface area contributed by atoms with Gasteiger partial charge >= 0.3 is 0 Å². The van der Waals surface area contributed by atoms with Crippen LogP contribution < -0.4 is 0 Å².